The van der Waals surface area contributed by atoms with Crippen molar-refractivity contribution >= 4 is 0 Å². The lowest BCUT2D eigenvalue weighted by Gasteiger charge is -2.24. The quantitative estimate of drug-likeness (QED) is 0.563. The van der Waals surface area contributed by atoms with Gasteiger partial charge in [-0.2, -0.15) is 0 Å². The minimum absolute atomic E-state index is 0.0493. The lowest BCUT2D eigenvalue weighted by Crippen LogP contribution is -2.41. The van der Waals surface area contributed by atoms with Crippen LogP contribution in [0, 0.1) is 0 Å². The first-order valence-electron chi connectivity index (χ1n) is 5.25. The van der Waals surface area contributed by atoms with E-state index in [9.17, 15) is 0 Å². The molecule has 5 heteroatoms. The SMILES string of the molecule is CCC(NC(CC)OCOC)OCOC. The van der Waals surface area contributed by atoms with Crippen LogP contribution >= 0.6 is 0 Å². The molecular formula is C10H23NO4. The first kappa shape index (κ1) is 14.8. The molecule has 0 aromatic carbocycles. The fourth-order valence-corrected chi connectivity index (χ4v) is 1.08. The molecule has 0 fully saturated rings. The smallest absolute Gasteiger partial charge is 0.148 e. The summed E-state index contributed by atoms with van der Waals surface area (Å²) in [6, 6.07) is 0. The Morgan fingerprint density at radius 3 is 1.53 bits per heavy atom. The first-order valence-corrected chi connectivity index (χ1v) is 5.25. The van der Waals surface area contributed by atoms with Crippen LogP contribution in [0.2, 0.25) is 0 Å². The largest absolute Gasteiger partial charge is 0.359 e. The van der Waals surface area contributed by atoms with Crippen LogP contribution in [-0.2, 0) is 18.9 Å². The predicted molar refractivity (Wildman–Crippen MR) is 57.2 cm³/mol. The van der Waals surface area contributed by atoms with Gasteiger partial charge in [0.25, 0.3) is 0 Å². The van der Waals surface area contributed by atoms with E-state index in [1.54, 1.807) is 14.2 Å². The highest BCUT2D eigenvalue weighted by Crippen LogP contribution is 2.00. The molecule has 0 aliphatic rings. The van der Waals surface area contributed by atoms with Crippen molar-refractivity contribution in [3.05, 3.63) is 0 Å². The third-order valence-electron chi connectivity index (χ3n) is 1.89. The van der Waals surface area contributed by atoms with Crippen LogP contribution in [0.3, 0.4) is 0 Å². The van der Waals surface area contributed by atoms with Gasteiger partial charge in [-0.3, -0.25) is 5.32 Å². The van der Waals surface area contributed by atoms with Crippen molar-refractivity contribution in [2.75, 3.05) is 27.8 Å². The first-order chi connectivity index (χ1) is 7.28. The zero-order valence-electron chi connectivity index (χ0n) is 10.1. The maximum atomic E-state index is 5.40. The van der Waals surface area contributed by atoms with Gasteiger partial charge >= 0.3 is 0 Å². The summed E-state index contributed by atoms with van der Waals surface area (Å²) >= 11 is 0. The molecule has 0 rings (SSSR count). The number of hydrogen-bond donors (Lipinski definition) is 1. The Kier molecular flexibility index (Phi) is 10.2. The maximum Gasteiger partial charge on any atom is 0.148 e. The lowest BCUT2D eigenvalue weighted by atomic mass is 10.3. The van der Waals surface area contributed by atoms with E-state index < -0.39 is 0 Å². The fraction of sp³-hybridized carbons (Fsp3) is 1.00. The molecule has 0 amide bonds. The van der Waals surface area contributed by atoms with E-state index in [0.29, 0.717) is 0 Å². The van der Waals surface area contributed by atoms with Crippen LogP contribution in [0.25, 0.3) is 0 Å². The summed E-state index contributed by atoms with van der Waals surface area (Å²) in [7, 11) is 3.21. The highest BCUT2D eigenvalue weighted by atomic mass is 16.7. The second kappa shape index (κ2) is 10.3. The summed E-state index contributed by atoms with van der Waals surface area (Å²) in [5.41, 5.74) is 0. The molecule has 0 aromatic heterocycles. The Morgan fingerprint density at radius 2 is 1.27 bits per heavy atom. The Labute approximate surface area is 92.0 Å². The molecule has 0 bridgehead atoms. The Hall–Kier alpha value is -0.200. The van der Waals surface area contributed by atoms with Crippen LogP contribution in [0.1, 0.15) is 26.7 Å². The fourth-order valence-electron chi connectivity index (χ4n) is 1.08. The second-order valence-corrected chi connectivity index (χ2v) is 3.11. The van der Waals surface area contributed by atoms with E-state index >= 15 is 0 Å². The molecule has 1 N–H and O–H groups in total. The molecule has 2 unspecified atom stereocenters. The topological polar surface area (TPSA) is 49.0 Å². The molecule has 0 aliphatic heterocycles. The zero-order valence-corrected chi connectivity index (χ0v) is 10.1. The van der Waals surface area contributed by atoms with E-state index in [-0.39, 0.29) is 26.0 Å². The molecule has 2 atom stereocenters. The van der Waals surface area contributed by atoms with Gasteiger partial charge in [-0.05, 0) is 12.8 Å². The van der Waals surface area contributed by atoms with Crippen molar-refractivity contribution in [3.8, 4) is 0 Å². The standard InChI is InChI=1S/C10H23NO4/c1-5-9(14-7-12-3)11-10(6-2)15-8-13-4/h9-11H,5-8H2,1-4H3. The highest BCUT2D eigenvalue weighted by Gasteiger charge is 2.12. The van der Waals surface area contributed by atoms with Crippen molar-refractivity contribution in [3.63, 3.8) is 0 Å². The Balaban J connectivity index is 3.77. The number of ether oxygens (including phenoxy) is 4. The van der Waals surface area contributed by atoms with E-state index in [1.807, 2.05) is 13.8 Å². The minimum atomic E-state index is -0.0493. The van der Waals surface area contributed by atoms with Gasteiger partial charge in [-0.25, -0.2) is 0 Å². The van der Waals surface area contributed by atoms with E-state index in [0.717, 1.165) is 12.8 Å². The van der Waals surface area contributed by atoms with Gasteiger partial charge in [0.15, 0.2) is 0 Å². The molecule has 0 saturated heterocycles. The summed E-state index contributed by atoms with van der Waals surface area (Å²) in [6.07, 6.45) is 1.62. The molecule has 0 spiro atoms. The van der Waals surface area contributed by atoms with Crippen LogP contribution in [0.5, 0.6) is 0 Å². The summed E-state index contributed by atoms with van der Waals surface area (Å²) in [5.74, 6) is 0. The van der Waals surface area contributed by atoms with Crippen molar-refractivity contribution in [1.82, 2.24) is 5.32 Å². The summed E-state index contributed by atoms with van der Waals surface area (Å²) in [5, 5.41) is 3.22. The van der Waals surface area contributed by atoms with E-state index in [1.165, 1.54) is 0 Å². The van der Waals surface area contributed by atoms with Gasteiger partial charge in [0.05, 0.1) is 0 Å². The molecule has 5 nitrogen and oxygen atoms in total. The predicted octanol–water partition coefficient (Wildman–Crippen LogP) is 1.29. The summed E-state index contributed by atoms with van der Waals surface area (Å²) in [4.78, 5) is 0. The maximum absolute atomic E-state index is 5.40. The average molecular weight is 221 g/mol. The van der Waals surface area contributed by atoms with Crippen molar-refractivity contribution < 1.29 is 18.9 Å². The average Bonchev–Trinajstić information content (AvgIpc) is 2.28. The van der Waals surface area contributed by atoms with Gasteiger partial charge in [-0.15, -0.1) is 0 Å². The summed E-state index contributed by atoms with van der Waals surface area (Å²) < 4.78 is 20.5. The summed E-state index contributed by atoms with van der Waals surface area (Å²) in [6.45, 7) is 4.64. The van der Waals surface area contributed by atoms with Gasteiger partial charge in [0.2, 0.25) is 0 Å². The van der Waals surface area contributed by atoms with Crippen molar-refractivity contribution in [1.29, 1.82) is 0 Å². The molecule has 0 heterocycles. The van der Waals surface area contributed by atoms with E-state index in [2.05, 4.69) is 5.32 Å². The van der Waals surface area contributed by atoms with Crippen LogP contribution < -0.4 is 5.32 Å². The van der Waals surface area contributed by atoms with Crippen LogP contribution in [-0.4, -0.2) is 40.3 Å². The molecule has 15 heavy (non-hydrogen) atoms. The highest BCUT2D eigenvalue weighted by molar-refractivity contribution is 4.57. The van der Waals surface area contributed by atoms with Gasteiger partial charge in [0, 0.05) is 14.2 Å². The van der Waals surface area contributed by atoms with Crippen LogP contribution in [0.4, 0.5) is 0 Å². The molecule has 0 radical (unpaired) electrons. The molecule has 0 saturated carbocycles. The number of rotatable bonds is 10. The zero-order chi connectivity index (χ0) is 11.5. The number of methoxy groups -OCH3 is 2. The monoisotopic (exact) mass is 221 g/mol. The molecule has 0 aromatic rings. The Bertz CT molecular complexity index is 121. The normalized spacial score (nSPS) is 15.2. The number of nitrogens with one attached hydrogen (secondary N) is 1. The third kappa shape index (κ3) is 7.70. The second-order valence-electron chi connectivity index (χ2n) is 3.11. The van der Waals surface area contributed by atoms with Gasteiger partial charge in [-0.1, -0.05) is 13.8 Å². The lowest BCUT2D eigenvalue weighted by molar-refractivity contribution is -0.132. The van der Waals surface area contributed by atoms with Gasteiger partial charge in [0.1, 0.15) is 26.0 Å². The third-order valence-corrected chi connectivity index (χ3v) is 1.89. The molecule has 0 aliphatic carbocycles. The van der Waals surface area contributed by atoms with Crippen molar-refractivity contribution in [2.24, 2.45) is 0 Å². The molecular weight excluding hydrogens is 198 g/mol. The van der Waals surface area contributed by atoms with Gasteiger partial charge < -0.3 is 18.9 Å². The van der Waals surface area contributed by atoms with E-state index in [4.69, 9.17) is 18.9 Å². The van der Waals surface area contributed by atoms with Crippen LogP contribution in [0.15, 0.2) is 0 Å². The van der Waals surface area contributed by atoms with Crippen molar-refractivity contribution in [2.45, 2.75) is 39.1 Å². The Morgan fingerprint density at radius 1 is 0.867 bits per heavy atom. The molecule has 92 valence electrons. The minimum Gasteiger partial charge on any atom is -0.359 e. The number of hydrogen-bond acceptors (Lipinski definition) is 5.